The number of hydrogen-bond donors (Lipinski definition) is 2. The van der Waals surface area contributed by atoms with Crippen molar-refractivity contribution in [1.82, 2.24) is 15.5 Å². The Morgan fingerprint density at radius 1 is 1.50 bits per heavy atom. The molecule has 2 heterocycles. The summed E-state index contributed by atoms with van der Waals surface area (Å²) in [5, 5.41) is 6.11. The van der Waals surface area contributed by atoms with Crippen molar-refractivity contribution < 1.29 is 4.79 Å². The van der Waals surface area contributed by atoms with Crippen LogP contribution in [0.25, 0.3) is 0 Å². The first-order valence-corrected chi connectivity index (χ1v) is 5.88. The van der Waals surface area contributed by atoms with E-state index in [2.05, 4.69) is 20.5 Å². The van der Waals surface area contributed by atoms with Crippen molar-refractivity contribution in [1.29, 1.82) is 0 Å². The van der Waals surface area contributed by atoms with Crippen molar-refractivity contribution in [2.45, 2.75) is 38.3 Å². The molecule has 5 nitrogen and oxygen atoms in total. The number of likely N-dealkylation sites (tertiary alicyclic amines) is 1. The summed E-state index contributed by atoms with van der Waals surface area (Å²) in [4.78, 5) is 18.6. The number of likely N-dealkylation sites (N-methyl/N-ethyl adjacent to an activating group) is 1. The fourth-order valence-corrected chi connectivity index (χ4v) is 2.42. The molecule has 1 amide bonds. The Bertz CT molecular complexity index is 326. The fourth-order valence-electron chi connectivity index (χ4n) is 2.42. The van der Waals surface area contributed by atoms with E-state index < -0.39 is 5.54 Å². The molecule has 0 aromatic rings. The molecule has 2 N–H and O–H groups in total. The fraction of sp³-hybridized carbons (Fsp3) is 0.818. The summed E-state index contributed by atoms with van der Waals surface area (Å²) in [6.45, 7) is 5.82. The predicted octanol–water partition coefficient (Wildman–Crippen LogP) is -0.0654. The van der Waals surface area contributed by atoms with Crippen molar-refractivity contribution >= 4 is 11.9 Å². The van der Waals surface area contributed by atoms with Gasteiger partial charge in [-0.3, -0.25) is 15.1 Å². The average Bonchev–Trinajstić information content (AvgIpc) is 2.41. The number of amides is 1. The first kappa shape index (κ1) is 11.4. The highest BCUT2D eigenvalue weighted by molar-refractivity contribution is 6.09. The summed E-state index contributed by atoms with van der Waals surface area (Å²) in [5.74, 6) is 0.703. The Hall–Kier alpha value is -1.10. The number of rotatable bonds is 1. The van der Waals surface area contributed by atoms with E-state index in [1.54, 1.807) is 0 Å². The molecule has 0 aromatic carbocycles. The molecule has 0 aliphatic carbocycles. The second kappa shape index (κ2) is 4.05. The van der Waals surface area contributed by atoms with Crippen LogP contribution in [-0.4, -0.2) is 48.5 Å². The Morgan fingerprint density at radius 2 is 2.25 bits per heavy atom. The normalized spacial score (nSPS) is 33.5. The van der Waals surface area contributed by atoms with E-state index in [1.807, 2.05) is 20.9 Å². The van der Waals surface area contributed by atoms with E-state index in [4.69, 9.17) is 0 Å². The number of carbonyl (C=O) groups excluding carboxylic acids is 1. The summed E-state index contributed by atoms with van der Waals surface area (Å²) in [6.07, 6.45) is 1.94. The monoisotopic (exact) mass is 224 g/mol. The smallest absolute Gasteiger partial charge is 0.253 e. The van der Waals surface area contributed by atoms with Crippen LogP contribution in [0.1, 0.15) is 26.7 Å². The second-order valence-corrected chi connectivity index (χ2v) is 5.07. The van der Waals surface area contributed by atoms with Gasteiger partial charge in [0, 0.05) is 12.6 Å². The van der Waals surface area contributed by atoms with Gasteiger partial charge in [-0.15, -0.1) is 0 Å². The lowest BCUT2D eigenvalue weighted by Crippen LogP contribution is -2.57. The van der Waals surface area contributed by atoms with Gasteiger partial charge in [-0.2, -0.15) is 0 Å². The summed E-state index contributed by atoms with van der Waals surface area (Å²) in [5.41, 5.74) is -0.444. The van der Waals surface area contributed by atoms with Crippen LogP contribution in [0.15, 0.2) is 4.99 Å². The van der Waals surface area contributed by atoms with Gasteiger partial charge < -0.3 is 10.2 Å². The molecule has 0 radical (unpaired) electrons. The SMILES string of the molecule is CC(C)N=C1NC(=O)C2(CCCN(C)C2)N1. The lowest BCUT2D eigenvalue weighted by atomic mass is 9.89. The van der Waals surface area contributed by atoms with Gasteiger partial charge in [0.15, 0.2) is 5.96 Å². The van der Waals surface area contributed by atoms with E-state index in [9.17, 15) is 4.79 Å². The van der Waals surface area contributed by atoms with Gasteiger partial charge in [-0.25, -0.2) is 0 Å². The highest BCUT2D eigenvalue weighted by Crippen LogP contribution is 2.23. The van der Waals surface area contributed by atoms with Crippen LogP contribution in [0.5, 0.6) is 0 Å². The number of nitrogens with one attached hydrogen (secondary N) is 2. The molecule has 0 bridgehead atoms. The highest BCUT2D eigenvalue weighted by atomic mass is 16.2. The zero-order chi connectivity index (χ0) is 11.8. The lowest BCUT2D eigenvalue weighted by Gasteiger charge is -2.36. The number of piperidine rings is 1. The molecule has 0 saturated carbocycles. The van der Waals surface area contributed by atoms with Gasteiger partial charge in [0.1, 0.15) is 5.54 Å². The molecule has 0 aromatic heterocycles. The van der Waals surface area contributed by atoms with Crippen molar-refractivity contribution in [3.8, 4) is 0 Å². The maximum absolute atomic E-state index is 12.0. The molecule has 90 valence electrons. The van der Waals surface area contributed by atoms with E-state index in [0.29, 0.717) is 5.96 Å². The van der Waals surface area contributed by atoms with E-state index in [1.165, 1.54) is 0 Å². The predicted molar refractivity (Wildman–Crippen MR) is 63.3 cm³/mol. The van der Waals surface area contributed by atoms with Crippen LogP contribution in [0.2, 0.25) is 0 Å². The second-order valence-electron chi connectivity index (χ2n) is 5.07. The molecule has 1 atom stereocenters. The van der Waals surface area contributed by atoms with Crippen molar-refractivity contribution in [2.75, 3.05) is 20.1 Å². The Balaban J connectivity index is 2.14. The molecule has 2 aliphatic rings. The third-order valence-corrected chi connectivity index (χ3v) is 3.09. The summed E-state index contributed by atoms with van der Waals surface area (Å²) < 4.78 is 0. The van der Waals surface area contributed by atoms with E-state index in [0.717, 1.165) is 25.9 Å². The van der Waals surface area contributed by atoms with Crippen molar-refractivity contribution in [3.63, 3.8) is 0 Å². The molecular formula is C11H20N4O. The van der Waals surface area contributed by atoms with Crippen LogP contribution >= 0.6 is 0 Å². The number of carbonyl (C=O) groups is 1. The van der Waals surface area contributed by atoms with Crippen molar-refractivity contribution in [3.05, 3.63) is 0 Å². The molecule has 2 aliphatic heterocycles. The van der Waals surface area contributed by atoms with Crippen LogP contribution < -0.4 is 10.6 Å². The molecule has 1 spiro atoms. The maximum atomic E-state index is 12.0. The van der Waals surface area contributed by atoms with Gasteiger partial charge in [-0.05, 0) is 40.3 Å². The Labute approximate surface area is 96.3 Å². The third-order valence-electron chi connectivity index (χ3n) is 3.09. The van der Waals surface area contributed by atoms with Crippen molar-refractivity contribution in [2.24, 2.45) is 4.99 Å². The number of hydrogen-bond acceptors (Lipinski definition) is 3. The Morgan fingerprint density at radius 3 is 2.88 bits per heavy atom. The van der Waals surface area contributed by atoms with Crippen LogP contribution in [0, 0.1) is 0 Å². The lowest BCUT2D eigenvalue weighted by molar-refractivity contribution is -0.125. The highest BCUT2D eigenvalue weighted by Gasteiger charge is 2.47. The van der Waals surface area contributed by atoms with Crippen LogP contribution in [0.4, 0.5) is 0 Å². The van der Waals surface area contributed by atoms with Gasteiger partial charge in [0.05, 0.1) is 0 Å². The molecule has 2 saturated heterocycles. The first-order chi connectivity index (χ1) is 7.52. The molecule has 16 heavy (non-hydrogen) atoms. The quantitative estimate of drug-likeness (QED) is 0.656. The standard InChI is InChI=1S/C11H20N4O/c1-8(2)12-10-13-9(16)11(14-10)5-4-6-15(3)7-11/h8H,4-7H2,1-3H3,(H2,12,13,14,16). The van der Waals surface area contributed by atoms with Gasteiger partial charge in [-0.1, -0.05) is 0 Å². The molecule has 2 rings (SSSR count). The molecule has 2 fully saturated rings. The molecule has 1 unspecified atom stereocenters. The zero-order valence-electron chi connectivity index (χ0n) is 10.2. The number of aliphatic imine (C=N–C) groups is 1. The zero-order valence-corrected chi connectivity index (χ0v) is 10.2. The van der Waals surface area contributed by atoms with E-state index >= 15 is 0 Å². The van der Waals surface area contributed by atoms with Gasteiger partial charge >= 0.3 is 0 Å². The summed E-state index contributed by atoms with van der Waals surface area (Å²) >= 11 is 0. The molecular weight excluding hydrogens is 204 g/mol. The summed E-state index contributed by atoms with van der Waals surface area (Å²) in [7, 11) is 2.05. The minimum absolute atomic E-state index is 0.0680. The third kappa shape index (κ3) is 2.04. The minimum atomic E-state index is -0.444. The van der Waals surface area contributed by atoms with Crippen LogP contribution in [-0.2, 0) is 4.79 Å². The minimum Gasteiger partial charge on any atom is -0.341 e. The largest absolute Gasteiger partial charge is 0.341 e. The maximum Gasteiger partial charge on any atom is 0.253 e. The van der Waals surface area contributed by atoms with Gasteiger partial charge in [0.2, 0.25) is 0 Å². The molecule has 5 heteroatoms. The number of nitrogens with zero attached hydrogens (tertiary/aromatic N) is 2. The van der Waals surface area contributed by atoms with Gasteiger partial charge in [0.25, 0.3) is 5.91 Å². The number of guanidine groups is 1. The Kier molecular flexibility index (Phi) is 2.88. The van der Waals surface area contributed by atoms with E-state index in [-0.39, 0.29) is 11.9 Å². The topological polar surface area (TPSA) is 56.7 Å². The first-order valence-electron chi connectivity index (χ1n) is 5.88. The summed E-state index contributed by atoms with van der Waals surface area (Å²) in [6, 6.07) is 0.194. The average molecular weight is 224 g/mol. The van der Waals surface area contributed by atoms with Crippen LogP contribution in [0.3, 0.4) is 0 Å².